The van der Waals surface area contributed by atoms with E-state index in [1.54, 1.807) is 43.3 Å². The van der Waals surface area contributed by atoms with E-state index in [9.17, 15) is 17.6 Å². The number of halogens is 1. The van der Waals surface area contributed by atoms with Crippen LogP contribution in [0.3, 0.4) is 0 Å². The lowest BCUT2D eigenvalue weighted by molar-refractivity contribution is 0.598. The number of para-hydroxylation sites is 1. The van der Waals surface area contributed by atoms with E-state index < -0.39 is 15.8 Å². The second-order valence-electron chi connectivity index (χ2n) is 7.60. The summed E-state index contributed by atoms with van der Waals surface area (Å²) in [6.07, 6.45) is 0. The largest absolute Gasteiger partial charge is 0.277 e. The summed E-state index contributed by atoms with van der Waals surface area (Å²) in [5, 5.41) is 2.05. The summed E-state index contributed by atoms with van der Waals surface area (Å²) in [7, 11) is -4.07. The summed E-state index contributed by atoms with van der Waals surface area (Å²) in [4.78, 5) is 17.5. The van der Waals surface area contributed by atoms with Crippen LogP contribution < -0.4 is 10.3 Å². The van der Waals surface area contributed by atoms with E-state index in [-0.39, 0.29) is 16.1 Å². The summed E-state index contributed by atoms with van der Waals surface area (Å²) >= 11 is 0. The van der Waals surface area contributed by atoms with Crippen molar-refractivity contribution in [3.05, 3.63) is 107 Å². The predicted octanol–water partition coefficient (Wildman–Crippen LogP) is 4.79. The molecule has 0 saturated heterocycles. The molecule has 8 heteroatoms. The van der Waals surface area contributed by atoms with Gasteiger partial charge in [-0.3, -0.25) is 14.1 Å². The van der Waals surface area contributed by atoms with Gasteiger partial charge in [-0.05, 0) is 60.2 Å². The number of rotatable bonds is 4. The molecule has 33 heavy (non-hydrogen) atoms. The molecule has 0 fully saturated rings. The molecule has 6 nitrogen and oxygen atoms in total. The van der Waals surface area contributed by atoms with Gasteiger partial charge < -0.3 is 0 Å². The lowest BCUT2D eigenvalue weighted by Gasteiger charge is -2.14. The highest BCUT2D eigenvalue weighted by Gasteiger charge is 2.18. The molecule has 0 radical (unpaired) electrons. The molecule has 0 bridgehead atoms. The monoisotopic (exact) mass is 459 g/mol. The van der Waals surface area contributed by atoms with Gasteiger partial charge in [0.1, 0.15) is 11.6 Å². The molecule has 0 saturated carbocycles. The Morgan fingerprint density at radius 2 is 1.61 bits per heavy atom. The van der Waals surface area contributed by atoms with E-state index in [1.807, 2.05) is 18.2 Å². The van der Waals surface area contributed by atoms with Crippen LogP contribution in [0.4, 0.5) is 10.1 Å². The Hall–Kier alpha value is -4.04. The average molecular weight is 460 g/mol. The van der Waals surface area contributed by atoms with E-state index in [2.05, 4.69) is 9.71 Å². The highest BCUT2D eigenvalue weighted by Crippen LogP contribution is 2.25. The Kier molecular flexibility index (Phi) is 4.94. The van der Waals surface area contributed by atoms with Gasteiger partial charge in [0.15, 0.2) is 0 Å². The first-order chi connectivity index (χ1) is 15.8. The molecule has 1 aromatic heterocycles. The number of anilines is 1. The predicted molar refractivity (Wildman–Crippen MR) is 127 cm³/mol. The minimum atomic E-state index is -4.07. The van der Waals surface area contributed by atoms with Crippen LogP contribution in [-0.4, -0.2) is 18.0 Å². The zero-order valence-electron chi connectivity index (χ0n) is 17.5. The standard InChI is InChI=1S/C25H18FN3O3S/c1-16-27-23-9-5-4-8-21(23)25(30)29(16)19-11-13-22(26)24(15-19)28-33(31,32)20-12-10-17-6-2-3-7-18(17)14-20/h2-15,28H,1H3. The maximum absolute atomic E-state index is 14.6. The van der Waals surface area contributed by atoms with Gasteiger partial charge in [0.2, 0.25) is 0 Å². The topological polar surface area (TPSA) is 81.1 Å². The molecule has 5 rings (SSSR count). The Morgan fingerprint density at radius 1 is 0.879 bits per heavy atom. The minimum absolute atomic E-state index is 0.00622. The third-order valence-electron chi connectivity index (χ3n) is 5.43. The van der Waals surface area contributed by atoms with Crippen LogP contribution in [0.15, 0.2) is 94.6 Å². The smallest absolute Gasteiger partial charge is 0.265 e. The van der Waals surface area contributed by atoms with Crippen molar-refractivity contribution in [2.24, 2.45) is 0 Å². The number of nitrogens with zero attached hydrogens (tertiary/aromatic N) is 2. The number of aromatic nitrogens is 2. The molecule has 0 atom stereocenters. The zero-order valence-corrected chi connectivity index (χ0v) is 18.3. The quantitative estimate of drug-likeness (QED) is 0.419. The molecule has 0 aliphatic rings. The van der Waals surface area contributed by atoms with Gasteiger partial charge in [0.05, 0.1) is 27.2 Å². The molecule has 0 aliphatic carbocycles. The SMILES string of the molecule is Cc1nc2ccccc2c(=O)n1-c1ccc(F)c(NS(=O)(=O)c2ccc3ccccc3c2)c1. The maximum atomic E-state index is 14.6. The van der Waals surface area contributed by atoms with E-state index in [4.69, 9.17) is 0 Å². The Labute approximate surface area is 189 Å². The molecular weight excluding hydrogens is 441 g/mol. The van der Waals surface area contributed by atoms with Crippen LogP contribution >= 0.6 is 0 Å². The summed E-state index contributed by atoms with van der Waals surface area (Å²) < 4.78 is 44.2. The molecule has 0 amide bonds. The van der Waals surface area contributed by atoms with Crippen molar-refractivity contribution >= 4 is 37.4 Å². The molecule has 1 heterocycles. The number of fused-ring (bicyclic) bond motifs is 2. The van der Waals surface area contributed by atoms with Crippen LogP contribution in [0.2, 0.25) is 0 Å². The van der Waals surface area contributed by atoms with Crippen molar-refractivity contribution in [2.45, 2.75) is 11.8 Å². The highest BCUT2D eigenvalue weighted by atomic mass is 32.2. The number of aryl methyl sites for hydroxylation is 1. The normalized spacial score (nSPS) is 11.7. The number of hydrogen-bond donors (Lipinski definition) is 1. The van der Waals surface area contributed by atoms with Crippen molar-refractivity contribution in [1.29, 1.82) is 0 Å². The van der Waals surface area contributed by atoms with Crippen molar-refractivity contribution in [3.8, 4) is 5.69 Å². The third-order valence-corrected chi connectivity index (χ3v) is 6.79. The van der Waals surface area contributed by atoms with E-state index in [0.717, 1.165) is 16.8 Å². The summed E-state index contributed by atoms with van der Waals surface area (Å²) in [6.45, 7) is 1.66. The van der Waals surface area contributed by atoms with Crippen LogP contribution in [0.1, 0.15) is 5.82 Å². The van der Waals surface area contributed by atoms with Gasteiger partial charge in [0.25, 0.3) is 15.6 Å². The molecule has 0 unspecified atom stereocenters. The van der Waals surface area contributed by atoms with E-state index >= 15 is 0 Å². The lowest BCUT2D eigenvalue weighted by Crippen LogP contribution is -2.22. The van der Waals surface area contributed by atoms with Gasteiger partial charge in [-0.15, -0.1) is 0 Å². The molecule has 4 aromatic carbocycles. The van der Waals surface area contributed by atoms with Gasteiger partial charge in [-0.2, -0.15) is 0 Å². The first-order valence-corrected chi connectivity index (χ1v) is 11.6. The fraction of sp³-hybridized carbons (Fsp3) is 0.0400. The Bertz CT molecular complexity index is 1710. The van der Waals surface area contributed by atoms with E-state index in [0.29, 0.717) is 22.4 Å². The second kappa shape index (κ2) is 7.83. The number of hydrogen-bond acceptors (Lipinski definition) is 4. The van der Waals surface area contributed by atoms with Crippen LogP contribution in [0, 0.1) is 12.7 Å². The van der Waals surface area contributed by atoms with Gasteiger partial charge in [-0.25, -0.2) is 17.8 Å². The van der Waals surface area contributed by atoms with Crippen LogP contribution in [0.25, 0.3) is 27.4 Å². The number of sulfonamides is 1. The fourth-order valence-corrected chi connectivity index (χ4v) is 4.91. The molecule has 0 aliphatic heterocycles. The summed E-state index contributed by atoms with van der Waals surface area (Å²) in [6, 6.07) is 22.8. The van der Waals surface area contributed by atoms with Gasteiger partial charge >= 0.3 is 0 Å². The van der Waals surface area contributed by atoms with Gasteiger partial charge in [0, 0.05) is 0 Å². The van der Waals surface area contributed by atoms with E-state index in [1.165, 1.54) is 28.8 Å². The third kappa shape index (κ3) is 3.74. The fourth-order valence-electron chi connectivity index (χ4n) is 3.82. The van der Waals surface area contributed by atoms with Crippen LogP contribution in [0.5, 0.6) is 0 Å². The minimum Gasteiger partial charge on any atom is -0.277 e. The molecule has 0 spiro atoms. The molecule has 1 N–H and O–H groups in total. The highest BCUT2D eigenvalue weighted by molar-refractivity contribution is 7.92. The van der Waals surface area contributed by atoms with Crippen molar-refractivity contribution in [2.75, 3.05) is 4.72 Å². The first kappa shape index (κ1) is 20.8. The molecule has 164 valence electrons. The summed E-state index contributed by atoms with van der Waals surface area (Å²) in [5.74, 6) is -0.365. The second-order valence-corrected chi connectivity index (χ2v) is 9.28. The first-order valence-electron chi connectivity index (χ1n) is 10.1. The molecular formula is C25H18FN3O3S. The maximum Gasteiger partial charge on any atom is 0.265 e. The van der Waals surface area contributed by atoms with Gasteiger partial charge in [-0.1, -0.05) is 42.5 Å². The average Bonchev–Trinajstić information content (AvgIpc) is 2.80. The van der Waals surface area contributed by atoms with Crippen molar-refractivity contribution < 1.29 is 12.8 Å². The number of benzene rings is 4. The van der Waals surface area contributed by atoms with Crippen molar-refractivity contribution in [1.82, 2.24) is 9.55 Å². The number of nitrogens with one attached hydrogen (secondary N) is 1. The Morgan fingerprint density at radius 3 is 2.42 bits per heavy atom. The lowest BCUT2D eigenvalue weighted by atomic mass is 10.1. The Balaban J connectivity index is 1.58. The zero-order chi connectivity index (χ0) is 23.2. The summed E-state index contributed by atoms with van der Waals surface area (Å²) in [5.41, 5.74) is 0.261. The molecule has 5 aromatic rings. The van der Waals surface area contributed by atoms with Crippen LogP contribution in [-0.2, 0) is 10.0 Å². The van der Waals surface area contributed by atoms with Crippen molar-refractivity contribution in [3.63, 3.8) is 0 Å².